The first-order valence-electron chi connectivity index (χ1n) is 5.66. The van der Waals surface area contributed by atoms with Crippen molar-refractivity contribution in [3.8, 4) is 0 Å². The number of hydrogen-bond donors (Lipinski definition) is 0. The highest BCUT2D eigenvalue weighted by atomic mass is 35.5. The largest absolute Gasteiger partial charge is 0.295 e. The van der Waals surface area contributed by atoms with E-state index < -0.39 is 0 Å². The van der Waals surface area contributed by atoms with Gasteiger partial charge in [-0.05, 0) is 41.9 Å². The van der Waals surface area contributed by atoms with Crippen LogP contribution in [-0.4, -0.2) is 35.3 Å². The molecule has 0 amide bonds. The van der Waals surface area contributed by atoms with Gasteiger partial charge in [-0.25, -0.2) is 0 Å². The first-order valence-corrected chi connectivity index (χ1v) is 7.26. The van der Waals surface area contributed by atoms with Crippen molar-refractivity contribution >= 4 is 34.2 Å². The summed E-state index contributed by atoms with van der Waals surface area (Å²) in [6.45, 7) is 1.11. The van der Waals surface area contributed by atoms with Crippen LogP contribution in [0.5, 0.6) is 0 Å². The molecule has 1 aromatic carbocycles. The van der Waals surface area contributed by atoms with Crippen LogP contribution in [0.1, 0.15) is 18.4 Å². The van der Waals surface area contributed by atoms with Gasteiger partial charge in [-0.2, -0.15) is 0 Å². The van der Waals surface area contributed by atoms with E-state index in [1.54, 1.807) is 11.8 Å². The molecule has 0 fully saturated rings. The summed E-state index contributed by atoms with van der Waals surface area (Å²) in [5.74, 6) is 1.18. The summed E-state index contributed by atoms with van der Waals surface area (Å²) in [4.78, 5) is 4.75. The highest BCUT2D eigenvalue weighted by molar-refractivity contribution is 8.13. The van der Waals surface area contributed by atoms with E-state index in [1.807, 2.05) is 24.3 Å². The van der Waals surface area contributed by atoms with Gasteiger partial charge >= 0.3 is 0 Å². The van der Waals surface area contributed by atoms with Crippen molar-refractivity contribution in [1.82, 2.24) is 0 Å². The summed E-state index contributed by atoms with van der Waals surface area (Å²) >= 11 is 7.57. The lowest BCUT2D eigenvalue weighted by atomic mass is 10.2. The van der Waals surface area contributed by atoms with Gasteiger partial charge in [-0.1, -0.05) is 23.4 Å². The average Bonchev–Trinajstić information content (AvgIpc) is 2.73. The maximum atomic E-state index is 5.89. The second-order valence-electron chi connectivity index (χ2n) is 4.07. The number of aliphatic imine (C=N–C) groups is 1. The molecule has 0 saturated carbocycles. The van der Waals surface area contributed by atoms with Gasteiger partial charge in [0.25, 0.3) is 5.84 Å². The van der Waals surface area contributed by atoms with Gasteiger partial charge in [0.1, 0.15) is 0 Å². The lowest BCUT2D eigenvalue weighted by molar-refractivity contribution is -0.489. The van der Waals surface area contributed by atoms with Crippen LogP contribution in [0.25, 0.3) is 0 Å². The van der Waals surface area contributed by atoms with Gasteiger partial charge in [0, 0.05) is 10.6 Å². The van der Waals surface area contributed by atoms with Gasteiger partial charge in [0.05, 0.1) is 20.0 Å². The number of benzene rings is 1. The molecular weight excluding hydrogens is 252 g/mol. The third kappa shape index (κ3) is 3.11. The molecule has 2 nitrogen and oxygen atoms in total. The van der Waals surface area contributed by atoms with Crippen molar-refractivity contribution in [3.63, 3.8) is 0 Å². The van der Waals surface area contributed by atoms with Crippen molar-refractivity contribution in [1.29, 1.82) is 0 Å². The number of amidine groups is 1. The Labute approximate surface area is 111 Å². The van der Waals surface area contributed by atoms with Gasteiger partial charge in [-0.3, -0.25) is 4.58 Å². The van der Waals surface area contributed by atoms with E-state index in [1.165, 1.54) is 12.3 Å². The molecule has 1 aromatic rings. The molecule has 4 heteroatoms. The molecule has 17 heavy (non-hydrogen) atoms. The van der Waals surface area contributed by atoms with Crippen molar-refractivity contribution in [2.45, 2.75) is 12.8 Å². The van der Waals surface area contributed by atoms with Crippen LogP contribution in [0, 0.1) is 0 Å². The molecule has 0 atom stereocenters. The number of hydrogen-bond acceptors (Lipinski definition) is 2. The Balaban J connectivity index is 2.30. The lowest BCUT2D eigenvalue weighted by Crippen LogP contribution is -2.09. The molecule has 0 aromatic heterocycles. The average molecular weight is 268 g/mol. The Morgan fingerprint density at radius 2 is 2.06 bits per heavy atom. The number of halogens is 1. The van der Waals surface area contributed by atoms with Gasteiger partial charge in [0.15, 0.2) is 0 Å². The first kappa shape index (κ1) is 12.7. The molecule has 0 unspecified atom stereocenters. The van der Waals surface area contributed by atoms with E-state index in [0.717, 1.165) is 28.6 Å². The van der Waals surface area contributed by atoms with Gasteiger partial charge < -0.3 is 0 Å². The molecular formula is C13H16ClN2S+. The van der Waals surface area contributed by atoms with E-state index in [2.05, 4.69) is 17.9 Å². The van der Waals surface area contributed by atoms with Crippen molar-refractivity contribution in [2.75, 3.05) is 19.8 Å². The van der Waals surface area contributed by atoms with E-state index in [4.69, 9.17) is 16.6 Å². The minimum Gasteiger partial charge on any atom is -0.265 e. The molecule has 0 radical (unpaired) electrons. The maximum absolute atomic E-state index is 5.89. The van der Waals surface area contributed by atoms with Crippen LogP contribution < -0.4 is 0 Å². The zero-order valence-corrected chi connectivity index (χ0v) is 11.7. The molecule has 0 aliphatic carbocycles. The van der Waals surface area contributed by atoms with Crippen LogP contribution in [-0.2, 0) is 0 Å². The Morgan fingerprint density at radius 1 is 1.35 bits per heavy atom. The lowest BCUT2D eigenvalue weighted by Gasteiger charge is -1.98. The molecule has 0 spiro atoms. The van der Waals surface area contributed by atoms with Crippen LogP contribution >= 0.6 is 23.4 Å². The smallest absolute Gasteiger partial charge is 0.265 e. The standard InChI is InChI=1S/C13H16ClN2S/c1-16-9-3-4-12(16)15-13(17-2)10-5-7-11(14)8-6-10/h5-8H,3-4,9H2,1-2H3/q+1. The highest BCUT2D eigenvalue weighted by Gasteiger charge is 2.20. The number of thioether (sulfide) groups is 1. The normalized spacial score (nSPS) is 16.8. The number of nitrogens with zero attached hydrogens (tertiary/aromatic N) is 2. The summed E-state index contributed by atoms with van der Waals surface area (Å²) in [5, 5.41) is 1.82. The van der Waals surface area contributed by atoms with Crippen molar-refractivity contribution < 1.29 is 4.58 Å². The molecule has 0 saturated heterocycles. The molecule has 90 valence electrons. The molecule has 2 rings (SSSR count). The Kier molecular flexibility index (Phi) is 4.24. The Hall–Kier alpha value is -0.800. The SMILES string of the molecule is CSC(=NC1=[N+](C)CCC1)c1ccc(Cl)cc1. The van der Waals surface area contributed by atoms with E-state index in [0.29, 0.717) is 0 Å². The summed E-state index contributed by atoms with van der Waals surface area (Å²) in [5.41, 5.74) is 1.13. The fraction of sp³-hybridized carbons (Fsp3) is 0.385. The van der Waals surface area contributed by atoms with Gasteiger partial charge in [0.2, 0.25) is 5.04 Å². The van der Waals surface area contributed by atoms with Crippen LogP contribution in [0.15, 0.2) is 29.3 Å². The molecule has 0 N–H and O–H groups in total. The summed E-state index contributed by atoms with van der Waals surface area (Å²) < 4.78 is 2.23. The third-order valence-corrected chi connectivity index (χ3v) is 3.82. The second-order valence-corrected chi connectivity index (χ2v) is 5.30. The quantitative estimate of drug-likeness (QED) is 0.433. The van der Waals surface area contributed by atoms with E-state index in [-0.39, 0.29) is 0 Å². The molecule has 1 aliphatic heterocycles. The topological polar surface area (TPSA) is 15.4 Å². The predicted molar refractivity (Wildman–Crippen MR) is 76.8 cm³/mol. The van der Waals surface area contributed by atoms with Crippen molar-refractivity contribution in [3.05, 3.63) is 34.9 Å². The predicted octanol–water partition coefficient (Wildman–Crippen LogP) is 3.28. The monoisotopic (exact) mass is 267 g/mol. The third-order valence-electron chi connectivity index (χ3n) is 2.85. The van der Waals surface area contributed by atoms with Gasteiger partial charge in [-0.15, -0.1) is 0 Å². The summed E-state index contributed by atoms with van der Waals surface area (Å²) in [6.07, 6.45) is 4.34. The van der Waals surface area contributed by atoms with E-state index in [9.17, 15) is 0 Å². The summed E-state index contributed by atoms with van der Waals surface area (Å²) in [6, 6.07) is 7.86. The fourth-order valence-corrected chi connectivity index (χ4v) is 2.57. The first-order chi connectivity index (χ1) is 8.20. The second kappa shape index (κ2) is 5.69. The molecule has 1 heterocycles. The van der Waals surface area contributed by atoms with Crippen LogP contribution in [0.2, 0.25) is 5.02 Å². The molecule has 0 bridgehead atoms. The molecule has 1 aliphatic rings. The highest BCUT2D eigenvalue weighted by Crippen LogP contribution is 2.16. The van der Waals surface area contributed by atoms with E-state index >= 15 is 0 Å². The van der Waals surface area contributed by atoms with Crippen LogP contribution in [0.4, 0.5) is 0 Å². The summed E-state index contributed by atoms with van der Waals surface area (Å²) in [7, 11) is 2.10. The van der Waals surface area contributed by atoms with Crippen LogP contribution in [0.3, 0.4) is 0 Å². The zero-order chi connectivity index (χ0) is 12.3. The fourth-order valence-electron chi connectivity index (χ4n) is 1.87. The number of rotatable bonds is 1. The van der Waals surface area contributed by atoms with Crippen molar-refractivity contribution in [2.24, 2.45) is 4.99 Å². The Bertz CT molecular complexity index is 463. The minimum atomic E-state index is 0.764. The zero-order valence-electron chi connectivity index (χ0n) is 10.1. The Morgan fingerprint density at radius 3 is 2.59 bits per heavy atom. The minimum absolute atomic E-state index is 0.764. The maximum Gasteiger partial charge on any atom is 0.295 e.